The molecule has 1 unspecified atom stereocenters. The molecular formula is C11H22BrNO3S. The van der Waals surface area contributed by atoms with Crippen LogP contribution < -0.4 is 0 Å². The highest BCUT2D eigenvalue weighted by atomic mass is 79.9. The molecule has 102 valence electrons. The van der Waals surface area contributed by atoms with Gasteiger partial charge in [0, 0.05) is 31.6 Å². The maximum atomic E-state index is 12.0. The minimum atomic E-state index is -3.07. The molecule has 0 saturated carbocycles. The SMILES string of the molecule is COCCCS(=O)(=O)N1CCC(C(C)Br)CC1. The van der Waals surface area contributed by atoms with Crippen molar-refractivity contribution in [2.24, 2.45) is 5.92 Å². The van der Waals surface area contributed by atoms with Crippen LogP contribution in [-0.2, 0) is 14.8 Å². The van der Waals surface area contributed by atoms with Gasteiger partial charge in [-0.25, -0.2) is 12.7 Å². The first kappa shape index (κ1) is 15.4. The second-order valence-electron chi connectivity index (χ2n) is 4.58. The van der Waals surface area contributed by atoms with Gasteiger partial charge in [-0.2, -0.15) is 0 Å². The fraction of sp³-hybridized carbons (Fsp3) is 1.00. The topological polar surface area (TPSA) is 46.6 Å². The molecule has 0 amide bonds. The van der Waals surface area contributed by atoms with E-state index < -0.39 is 10.0 Å². The zero-order valence-electron chi connectivity index (χ0n) is 10.6. The average molecular weight is 328 g/mol. The van der Waals surface area contributed by atoms with Crippen LogP contribution in [0.2, 0.25) is 0 Å². The summed E-state index contributed by atoms with van der Waals surface area (Å²) in [6, 6.07) is 0. The lowest BCUT2D eigenvalue weighted by molar-refractivity contribution is 0.198. The lowest BCUT2D eigenvalue weighted by Gasteiger charge is -2.32. The second-order valence-corrected chi connectivity index (χ2v) is 8.11. The van der Waals surface area contributed by atoms with Gasteiger partial charge in [-0.05, 0) is 25.2 Å². The highest BCUT2D eigenvalue weighted by Gasteiger charge is 2.28. The summed E-state index contributed by atoms with van der Waals surface area (Å²) in [6.07, 6.45) is 2.49. The molecule has 0 radical (unpaired) electrons. The van der Waals surface area contributed by atoms with E-state index in [1.807, 2.05) is 0 Å². The standard InChI is InChI=1S/C11H22BrNO3S/c1-10(12)11-4-6-13(7-5-11)17(14,15)9-3-8-16-2/h10-11H,3-9H2,1-2H3. The van der Waals surface area contributed by atoms with Crippen molar-refractivity contribution in [2.45, 2.75) is 31.0 Å². The fourth-order valence-electron chi connectivity index (χ4n) is 2.13. The summed E-state index contributed by atoms with van der Waals surface area (Å²) in [5.74, 6) is 0.801. The summed E-state index contributed by atoms with van der Waals surface area (Å²) in [4.78, 5) is 0.473. The van der Waals surface area contributed by atoms with Gasteiger partial charge in [-0.3, -0.25) is 0 Å². The molecule has 4 nitrogen and oxygen atoms in total. The van der Waals surface area contributed by atoms with Crippen molar-refractivity contribution in [3.05, 3.63) is 0 Å². The molecule has 0 aromatic carbocycles. The molecule has 1 heterocycles. The van der Waals surface area contributed by atoms with Gasteiger partial charge in [-0.1, -0.05) is 22.9 Å². The minimum absolute atomic E-state index is 0.204. The van der Waals surface area contributed by atoms with Crippen LogP contribution in [0.3, 0.4) is 0 Å². The van der Waals surface area contributed by atoms with Gasteiger partial charge in [0.15, 0.2) is 0 Å². The van der Waals surface area contributed by atoms with Crippen LogP contribution in [0.15, 0.2) is 0 Å². The quantitative estimate of drug-likeness (QED) is 0.552. The maximum absolute atomic E-state index is 12.0. The van der Waals surface area contributed by atoms with Gasteiger partial charge in [0.25, 0.3) is 0 Å². The van der Waals surface area contributed by atoms with Gasteiger partial charge >= 0.3 is 0 Å². The van der Waals surface area contributed by atoms with Crippen molar-refractivity contribution in [1.29, 1.82) is 0 Å². The van der Waals surface area contributed by atoms with E-state index in [0.717, 1.165) is 12.8 Å². The number of nitrogens with zero attached hydrogens (tertiary/aromatic N) is 1. The van der Waals surface area contributed by atoms with E-state index in [1.54, 1.807) is 11.4 Å². The van der Waals surface area contributed by atoms with Gasteiger partial charge in [0.05, 0.1) is 5.75 Å². The third kappa shape index (κ3) is 4.85. The number of rotatable bonds is 6. The molecule has 0 aromatic heterocycles. The number of methoxy groups -OCH3 is 1. The van der Waals surface area contributed by atoms with Gasteiger partial charge < -0.3 is 4.74 Å². The van der Waals surface area contributed by atoms with Crippen LogP contribution in [0.25, 0.3) is 0 Å². The Hall–Kier alpha value is 0.350. The molecule has 1 fully saturated rings. The van der Waals surface area contributed by atoms with E-state index in [9.17, 15) is 8.42 Å². The van der Waals surface area contributed by atoms with Gasteiger partial charge in [0.2, 0.25) is 10.0 Å². The van der Waals surface area contributed by atoms with E-state index >= 15 is 0 Å². The molecule has 0 N–H and O–H groups in total. The first-order valence-corrected chi connectivity index (χ1v) is 8.60. The molecule has 1 aliphatic heterocycles. The number of ether oxygens (including phenoxy) is 1. The first-order chi connectivity index (χ1) is 7.97. The van der Waals surface area contributed by atoms with Crippen molar-refractivity contribution in [1.82, 2.24) is 4.31 Å². The van der Waals surface area contributed by atoms with Crippen molar-refractivity contribution in [3.63, 3.8) is 0 Å². The van der Waals surface area contributed by atoms with Crippen molar-refractivity contribution in [2.75, 3.05) is 32.6 Å². The highest BCUT2D eigenvalue weighted by molar-refractivity contribution is 9.09. The molecule has 0 spiro atoms. The average Bonchev–Trinajstić information content (AvgIpc) is 2.29. The number of piperidine rings is 1. The Bertz CT molecular complexity index is 311. The number of sulfonamides is 1. The zero-order valence-corrected chi connectivity index (χ0v) is 13.0. The van der Waals surface area contributed by atoms with Crippen LogP contribution in [0, 0.1) is 5.92 Å². The Balaban J connectivity index is 2.41. The molecule has 0 aromatic rings. The van der Waals surface area contributed by atoms with Gasteiger partial charge in [-0.15, -0.1) is 0 Å². The van der Waals surface area contributed by atoms with E-state index in [2.05, 4.69) is 22.9 Å². The van der Waals surface area contributed by atoms with Crippen LogP contribution in [-0.4, -0.2) is 50.1 Å². The Kier molecular flexibility index (Phi) is 6.40. The van der Waals surface area contributed by atoms with Crippen LogP contribution in [0.1, 0.15) is 26.2 Å². The molecule has 0 bridgehead atoms. The molecule has 1 rings (SSSR count). The Labute approximate surface area is 113 Å². The largest absolute Gasteiger partial charge is 0.385 e. The van der Waals surface area contributed by atoms with E-state index in [4.69, 9.17) is 4.74 Å². The number of alkyl halides is 1. The molecule has 17 heavy (non-hydrogen) atoms. The molecule has 1 atom stereocenters. The third-order valence-electron chi connectivity index (χ3n) is 3.29. The van der Waals surface area contributed by atoms with Crippen LogP contribution in [0.4, 0.5) is 0 Å². The predicted molar refractivity (Wildman–Crippen MR) is 73.0 cm³/mol. The highest BCUT2D eigenvalue weighted by Crippen LogP contribution is 2.26. The number of hydrogen-bond donors (Lipinski definition) is 0. The molecular weight excluding hydrogens is 306 g/mol. The molecule has 0 aliphatic carbocycles. The summed E-state index contributed by atoms with van der Waals surface area (Å²) in [7, 11) is -1.47. The minimum Gasteiger partial charge on any atom is -0.385 e. The fourth-order valence-corrected chi connectivity index (χ4v) is 4.16. The van der Waals surface area contributed by atoms with E-state index in [1.165, 1.54) is 0 Å². The lowest BCUT2D eigenvalue weighted by Crippen LogP contribution is -2.41. The normalized spacial score (nSPS) is 21.6. The summed E-state index contributed by atoms with van der Waals surface area (Å²) in [5.41, 5.74) is 0. The lowest BCUT2D eigenvalue weighted by atomic mass is 9.96. The number of hydrogen-bond acceptors (Lipinski definition) is 3. The first-order valence-electron chi connectivity index (χ1n) is 6.08. The molecule has 1 saturated heterocycles. The monoisotopic (exact) mass is 327 g/mol. The Morgan fingerprint density at radius 3 is 2.47 bits per heavy atom. The summed E-state index contributed by atoms with van der Waals surface area (Å²) >= 11 is 3.57. The van der Waals surface area contributed by atoms with E-state index in [-0.39, 0.29) is 5.75 Å². The zero-order chi connectivity index (χ0) is 12.9. The third-order valence-corrected chi connectivity index (χ3v) is 6.00. The van der Waals surface area contributed by atoms with Gasteiger partial charge in [0.1, 0.15) is 0 Å². The smallest absolute Gasteiger partial charge is 0.214 e. The summed E-state index contributed by atoms with van der Waals surface area (Å²) in [6.45, 7) is 3.97. The predicted octanol–water partition coefficient (Wildman–Crippen LogP) is 1.85. The van der Waals surface area contributed by atoms with Crippen LogP contribution >= 0.6 is 15.9 Å². The van der Waals surface area contributed by atoms with Crippen molar-refractivity contribution in [3.8, 4) is 0 Å². The van der Waals surface area contributed by atoms with Crippen LogP contribution in [0.5, 0.6) is 0 Å². The summed E-state index contributed by atoms with van der Waals surface area (Å²) in [5, 5.41) is 0. The van der Waals surface area contributed by atoms with Crippen molar-refractivity contribution < 1.29 is 13.2 Å². The number of halogens is 1. The van der Waals surface area contributed by atoms with E-state index in [0.29, 0.717) is 36.9 Å². The molecule has 6 heteroatoms. The van der Waals surface area contributed by atoms with Crippen molar-refractivity contribution >= 4 is 26.0 Å². The molecule has 1 aliphatic rings. The summed E-state index contributed by atoms with van der Waals surface area (Å²) < 4.78 is 30.5. The Morgan fingerprint density at radius 2 is 2.00 bits per heavy atom. The Morgan fingerprint density at radius 1 is 1.41 bits per heavy atom. The maximum Gasteiger partial charge on any atom is 0.214 e. The second kappa shape index (κ2) is 7.07.